The third kappa shape index (κ3) is 6.08. The molecule has 0 amide bonds. The molecule has 0 fully saturated rings. The first-order chi connectivity index (χ1) is 11.2. The van der Waals surface area contributed by atoms with Crippen LogP contribution in [0.2, 0.25) is 0 Å². The van der Waals surface area contributed by atoms with Crippen molar-refractivity contribution in [3.63, 3.8) is 0 Å². The zero-order valence-corrected chi connectivity index (χ0v) is 14.0. The summed E-state index contributed by atoms with van der Waals surface area (Å²) in [4.78, 5) is 14.9. The van der Waals surface area contributed by atoms with Crippen LogP contribution in [0.25, 0.3) is 11.5 Å². The van der Waals surface area contributed by atoms with Gasteiger partial charge in [-0.3, -0.25) is 4.79 Å². The molecule has 0 spiro atoms. The van der Waals surface area contributed by atoms with Gasteiger partial charge in [0.2, 0.25) is 5.89 Å². The van der Waals surface area contributed by atoms with E-state index in [1.165, 1.54) is 11.8 Å². The van der Waals surface area contributed by atoms with Gasteiger partial charge in [0.25, 0.3) is 0 Å². The molecule has 1 aromatic carbocycles. The van der Waals surface area contributed by atoms with Gasteiger partial charge in [-0.05, 0) is 31.2 Å². The molecule has 23 heavy (non-hydrogen) atoms. The van der Waals surface area contributed by atoms with Crippen molar-refractivity contribution in [2.24, 2.45) is 0 Å². The highest BCUT2D eigenvalue weighted by atomic mass is 32.2. The maximum Gasteiger partial charge on any atom is 0.313 e. The van der Waals surface area contributed by atoms with Gasteiger partial charge in [-0.15, -0.1) is 0 Å². The Bertz CT molecular complexity index is 612. The van der Waals surface area contributed by atoms with Crippen LogP contribution in [0.5, 0.6) is 0 Å². The van der Waals surface area contributed by atoms with Crippen LogP contribution in [0.15, 0.2) is 34.7 Å². The van der Waals surface area contributed by atoms with Crippen molar-refractivity contribution in [2.45, 2.75) is 19.8 Å². The zero-order valence-electron chi connectivity index (χ0n) is 13.2. The predicted octanol–water partition coefficient (Wildman–Crippen LogP) is 3.42. The van der Waals surface area contributed by atoms with E-state index in [0.29, 0.717) is 25.5 Å². The molecule has 0 saturated carbocycles. The molecule has 2 rings (SSSR count). The van der Waals surface area contributed by atoms with E-state index in [1.54, 1.807) is 0 Å². The summed E-state index contributed by atoms with van der Waals surface area (Å²) in [5.74, 6) is 1.65. The Labute approximate surface area is 140 Å². The molecule has 1 heterocycles. The lowest BCUT2D eigenvalue weighted by molar-refractivity contribution is -0.133. The number of aryl methyl sites for hydroxylation is 1. The molecule has 0 saturated heterocycles. The van der Waals surface area contributed by atoms with Crippen LogP contribution in [0.3, 0.4) is 0 Å². The minimum atomic E-state index is -0.772. The minimum absolute atomic E-state index is 0.153. The van der Waals surface area contributed by atoms with Gasteiger partial charge in [0.1, 0.15) is 5.76 Å². The second-order valence-electron chi connectivity index (χ2n) is 5.05. The summed E-state index contributed by atoms with van der Waals surface area (Å²) < 4.78 is 11.3. The lowest BCUT2D eigenvalue weighted by Crippen LogP contribution is -2.04. The average molecular weight is 335 g/mol. The molecule has 1 N–H and O–H groups in total. The Morgan fingerprint density at radius 1 is 1.30 bits per heavy atom. The predicted molar refractivity (Wildman–Crippen MR) is 90.8 cm³/mol. The molecule has 0 aliphatic heterocycles. The van der Waals surface area contributed by atoms with E-state index in [9.17, 15) is 4.79 Å². The Balaban J connectivity index is 1.68. The number of aliphatic carboxylic acids is 1. The van der Waals surface area contributed by atoms with Crippen LogP contribution < -0.4 is 0 Å². The van der Waals surface area contributed by atoms with Crippen LogP contribution in [-0.4, -0.2) is 40.8 Å². The van der Waals surface area contributed by atoms with Gasteiger partial charge in [-0.1, -0.05) is 18.2 Å². The first-order valence-corrected chi connectivity index (χ1v) is 8.71. The fourth-order valence-electron chi connectivity index (χ4n) is 2.06. The van der Waals surface area contributed by atoms with Crippen molar-refractivity contribution in [2.75, 3.05) is 24.7 Å². The maximum atomic E-state index is 10.4. The molecule has 124 valence electrons. The minimum Gasteiger partial charge on any atom is -0.481 e. The third-order valence-electron chi connectivity index (χ3n) is 3.20. The van der Waals surface area contributed by atoms with Gasteiger partial charge < -0.3 is 14.3 Å². The number of thioether (sulfide) groups is 1. The van der Waals surface area contributed by atoms with Gasteiger partial charge in [0.15, 0.2) is 0 Å². The smallest absolute Gasteiger partial charge is 0.313 e. The fraction of sp³-hybridized carbons (Fsp3) is 0.412. The van der Waals surface area contributed by atoms with Gasteiger partial charge in [-0.2, -0.15) is 11.8 Å². The number of oxazole rings is 1. The number of aromatic nitrogens is 1. The van der Waals surface area contributed by atoms with Crippen molar-refractivity contribution in [3.8, 4) is 11.5 Å². The molecule has 0 aliphatic carbocycles. The van der Waals surface area contributed by atoms with Gasteiger partial charge in [0.05, 0.1) is 18.1 Å². The molecule has 5 nitrogen and oxygen atoms in total. The van der Waals surface area contributed by atoms with E-state index in [4.69, 9.17) is 14.3 Å². The van der Waals surface area contributed by atoms with Crippen molar-refractivity contribution in [1.29, 1.82) is 0 Å². The van der Waals surface area contributed by atoms with Crippen LogP contribution in [-0.2, 0) is 16.0 Å². The number of carboxylic acid groups (broad SMARTS) is 1. The summed E-state index contributed by atoms with van der Waals surface area (Å²) in [5.41, 5.74) is 1.89. The highest BCUT2D eigenvalue weighted by Crippen LogP contribution is 2.21. The van der Waals surface area contributed by atoms with E-state index in [-0.39, 0.29) is 5.75 Å². The van der Waals surface area contributed by atoms with Crippen LogP contribution in [0.1, 0.15) is 17.9 Å². The first-order valence-electron chi connectivity index (χ1n) is 7.56. The topological polar surface area (TPSA) is 72.6 Å². The number of nitrogens with zero attached hydrogens (tertiary/aromatic N) is 1. The number of carbonyl (C=O) groups is 1. The van der Waals surface area contributed by atoms with Crippen molar-refractivity contribution in [3.05, 3.63) is 41.8 Å². The van der Waals surface area contributed by atoms with Crippen LogP contribution >= 0.6 is 11.8 Å². The number of benzene rings is 1. The highest BCUT2D eigenvalue weighted by Gasteiger charge is 2.10. The Morgan fingerprint density at radius 3 is 2.83 bits per heavy atom. The lowest BCUT2D eigenvalue weighted by Gasteiger charge is -2.02. The van der Waals surface area contributed by atoms with Crippen molar-refractivity contribution >= 4 is 17.7 Å². The van der Waals surface area contributed by atoms with E-state index < -0.39 is 5.97 Å². The quantitative estimate of drug-likeness (QED) is 0.671. The third-order valence-corrected chi connectivity index (χ3v) is 4.23. The van der Waals surface area contributed by atoms with Crippen molar-refractivity contribution in [1.82, 2.24) is 4.98 Å². The Kier molecular flexibility index (Phi) is 7.16. The number of carboxylic acids is 1. The van der Waals surface area contributed by atoms with E-state index in [2.05, 4.69) is 4.98 Å². The van der Waals surface area contributed by atoms with Gasteiger partial charge in [0, 0.05) is 18.6 Å². The van der Waals surface area contributed by atoms with E-state index >= 15 is 0 Å². The number of ether oxygens (including phenoxy) is 1. The van der Waals surface area contributed by atoms with E-state index in [0.717, 1.165) is 29.2 Å². The SMILES string of the molecule is Cc1oc(-c2ccccc2)nc1CCOCCCSCC(=O)O. The zero-order chi connectivity index (χ0) is 16.5. The Morgan fingerprint density at radius 2 is 2.09 bits per heavy atom. The second kappa shape index (κ2) is 9.37. The van der Waals surface area contributed by atoms with Crippen molar-refractivity contribution < 1.29 is 19.1 Å². The fourth-order valence-corrected chi connectivity index (χ4v) is 2.70. The van der Waals surface area contributed by atoms with Crippen LogP contribution in [0, 0.1) is 6.92 Å². The monoisotopic (exact) mass is 335 g/mol. The molecule has 2 aromatic rings. The summed E-state index contributed by atoms with van der Waals surface area (Å²) in [6, 6.07) is 9.82. The summed E-state index contributed by atoms with van der Waals surface area (Å²) >= 11 is 1.41. The molecular weight excluding hydrogens is 314 g/mol. The first kappa shape index (κ1) is 17.6. The molecule has 0 bridgehead atoms. The maximum absolute atomic E-state index is 10.4. The number of hydrogen-bond acceptors (Lipinski definition) is 5. The molecular formula is C17H21NO4S. The molecule has 0 atom stereocenters. The molecule has 0 unspecified atom stereocenters. The van der Waals surface area contributed by atoms with Crippen LogP contribution in [0.4, 0.5) is 0 Å². The standard InChI is InChI=1S/C17H21NO4S/c1-13-15(8-10-21-9-5-11-23-12-16(19)20)18-17(22-13)14-6-3-2-4-7-14/h2-4,6-7H,5,8-12H2,1H3,(H,19,20). The number of rotatable bonds is 10. The molecule has 0 radical (unpaired) electrons. The van der Waals surface area contributed by atoms with Gasteiger partial charge >= 0.3 is 5.97 Å². The molecule has 0 aliphatic rings. The van der Waals surface area contributed by atoms with E-state index in [1.807, 2.05) is 37.3 Å². The molecule has 1 aromatic heterocycles. The lowest BCUT2D eigenvalue weighted by atomic mass is 10.2. The summed E-state index contributed by atoms with van der Waals surface area (Å²) in [6.07, 6.45) is 1.56. The molecule has 6 heteroatoms. The largest absolute Gasteiger partial charge is 0.481 e. The summed E-state index contributed by atoms with van der Waals surface area (Å²) in [6.45, 7) is 3.14. The number of hydrogen-bond donors (Lipinski definition) is 1. The Hall–Kier alpha value is -1.79. The summed E-state index contributed by atoms with van der Waals surface area (Å²) in [5, 5.41) is 8.52. The second-order valence-corrected chi connectivity index (χ2v) is 6.16. The average Bonchev–Trinajstić information content (AvgIpc) is 2.91. The highest BCUT2D eigenvalue weighted by molar-refractivity contribution is 7.99. The summed E-state index contributed by atoms with van der Waals surface area (Å²) in [7, 11) is 0. The normalized spacial score (nSPS) is 10.8. The van der Waals surface area contributed by atoms with Gasteiger partial charge in [-0.25, -0.2) is 4.98 Å².